The van der Waals surface area contributed by atoms with Gasteiger partial charge in [-0.3, -0.25) is 9.48 Å². The van der Waals surface area contributed by atoms with Crippen molar-refractivity contribution in [2.45, 2.75) is 31.4 Å². The van der Waals surface area contributed by atoms with Gasteiger partial charge in [0, 0.05) is 38.3 Å². The van der Waals surface area contributed by atoms with Crippen molar-refractivity contribution in [2.24, 2.45) is 0 Å². The van der Waals surface area contributed by atoms with Crippen molar-refractivity contribution in [3.63, 3.8) is 0 Å². The van der Waals surface area contributed by atoms with Gasteiger partial charge >= 0.3 is 5.97 Å². The molecule has 2 aromatic rings. The van der Waals surface area contributed by atoms with Gasteiger partial charge in [0.25, 0.3) is 0 Å². The number of rotatable bonds is 5. The number of carboxylic acid groups (broad SMARTS) is 1. The van der Waals surface area contributed by atoms with Crippen LogP contribution in [0.4, 0.5) is 0 Å². The van der Waals surface area contributed by atoms with Crippen LogP contribution in [0.5, 0.6) is 5.75 Å². The minimum Gasteiger partial charge on any atom is -0.478 e. The molecule has 132 valence electrons. The van der Waals surface area contributed by atoms with Gasteiger partial charge in [0.1, 0.15) is 11.8 Å². The molecule has 1 aromatic heterocycles. The Hall–Kier alpha value is -2.83. The maximum Gasteiger partial charge on any atom is 0.348 e. The summed E-state index contributed by atoms with van der Waals surface area (Å²) in [6.45, 7) is 2.46. The van der Waals surface area contributed by atoms with Gasteiger partial charge in [-0.15, -0.1) is 0 Å². The first kappa shape index (κ1) is 17.0. The highest BCUT2D eigenvalue weighted by molar-refractivity contribution is 5.82. The van der Waals surface area contributed by atoms with E-state index >= 15 is 0 Å². The second kappa shape index (κ2) is 6.96. The first-order valence-corrected chi connectivity index (χ1v) is 8.27. The Labute approximate surface area is 145 Å². The Morgan fingerprint density at radius 3 is 2.44 bits per heavy atom. The van der Waals surface area contributed by atoms with Crippen molar-refractivity contribution in [3.8, 4) is 5.75 Å². The number of likely N-dealkylation sites (tertiary alicyclic amines) is 1. The van der Waals surface area contributed by atoms with Crippen LogP contribution in [0.1, 0.15) is 25.8 Å². The van der Waals surface area contributed by atoms with Crippen LogP contribution in [-0.4, -0.2) is 50.4 Å². The van der Waals surface area contributed by atoms with Crippen molar-refractivity contribution >= 4 is 11.9 Å². The largest absolute Gasteiger partial charge is 0.478 e. The van der Waals surface area contributed by atoms with E-state index in [-0.39, 0.29) is 18.7 Å². The summed E-state index contributed by atoms with van der Waals surface area (Å²) in [6.07, 6.45) is 3.86. The number of carbonyl (C=O) groups is 2. The number of aromatic nitrogens is 2. The van der Waals surface area contributed by atoms with Crippen molar-refractivity contribution in [1.29, 1.82) is 0 Å². The molecule has 25 heavy (non-hydrogen) atoms. The van der Waals surface area contributed by atoms with Gasteiger partial charge in [0.15, 0.2) is 0 Å². The standard InChI is InChI=1S/C18H21N3O4/c1-14(21-11-5-10-19-21)16(22)20-12-8-18(9-13-20,17(23)24)25-15-6-3-2-4-7-15/h2-7,10-11,14H,8-9,12-13H2,1H3,(H,23,24). The number of hydrogen-bond donors (Lipinski definition) is 1. The van der Waals surface area contributed by atoms with E-state index in [4.69, 9.17) is 4.74 Å². The van der Waals surface area contributed by atoms with Gasteiger partial charge in [-0.25, -0.2) is 4.79 Å². The van der Waals surface area contributed by atoms with E-state index in [1.165, 1.54) is 0 Å². The molecule has 1 aliphatic heterocycles. The summed E-state index contributed by atoms with van der Waals surface area (Å²) in [5, 5.41) is 13.8. The third-order valence-corrected chi connectivity index (χ3v) is 4.61. The lowest BCUT2D eigenvalue weighted by atomic mass is 9.90. The molecular weight excluding hydrogens is 322 g/mol. The molecule has 0 saturated carbocycles. The lowest BCUT2D eigenvalue weighted by Crippen LogP contribution is -2.55. The highest BCUT2D eigenvalue weighted by Gasteiger charge is 2.45. The minimum atomic E-state index is -1.30. The Balaban J connectivity index is 1.68. The van der Waals surface area contributed by atoms with E-state index in [0.29, 0.717) is 18.8 Å². The molecule has 0 spiro atoms. The first-order chi connectivity index (χ1) is 12.0. The zero-order chi connectivity index (χ0) is 17.9. The number of aliphatic carboxylic acids is 1. The molecular formula is C18H21N3O4. The second-order valence-corrected chi connectivity index (χ2v) is 6.20. The zero-order valence-electron chi connectivity index (χ0n) is 14.0. The molecule has 0 radical (unpaired) electrons. The molecule has 2 heterocycles. The van der Waals surface area contributed by atoms with E-state index in [1.807, 2.05) is 6.07 Å². The Kier molecular flexibility index (Phi) is 4.74. The van der Waals surface area contributed by atoms with Crippen LogP contribution in [-0.2, 0) is 9.59 Å². The van der Waals surface area contributed by atoms with Crippen LogP contribution in [0, 0.1) is 0 Å². The summed E-state index contributed by atoms with van der Waals surface area (Å²) in [5.41, 5.74) is -1.30. The van der Waals surface area contributed by atoms with E-state index < -0.39 is 17.6 Å². The predicted molar refractivity (Wildman–Crippen MR) is 90.2 cm³/mol. The third kappa shape index (κ3) is 3.50. The number of amides is 1. The summed E-state index contributed by atoms with van der Waals surface area (Å²) in [4.78, 5) is 26.1. The zero-order valence-corrected chi connectivity index (χ0v) is 14.0. The van der Waals surface area contributed by atoms with E-state index in [2.05, 4.69) is 5.10 Å². The average Bonchev–Trinajstić information content (AvgIpc) is 3.16. The number of ether oxygens (including phenoxy) is 1. The van der Waals surface area contributed by atoms with Crippen molar-refractivity contribution in [2.75, 3.05) is 13.1 Å². The van der Waals surface area contributed by atoms with Crippen molar-refractivity contribution in [3.05, 3.63) is 48.8 Å². The Morgan fingerprint density at radius 1 is 1.20 bits per heavy atom. The molecule has 1 fully saturated rings. The fourth-order valence-corrected chi connectivity index (χ4v) is 3.05. The van der Waals surface area contributed by atoms with Gasteiger partial charge in [0.2, 0.25) is 11.5 Å². The Morgan fingerprint density at radius 2 is 1.88 bits per heavy atom. The molecule has 7 nitrogen and oxygen atoms in total. The number of carbonyl (C=O) groups excluding carboxylic acids is 1. The van der Waals surface area contributed by atoms with Gasteiger partial charge < -0.3 is 14.7 Å². The van der Waals surface area contributed by atoms with Gasteiger partial charge in [-0.2, -0.15) is 5.10 Å². The lowest BCUT2D eigenvalue weighted by Gasteiger charge is -2.39. The van der Waals surface area contributed by atoms with E-state index in [1.54, 1.807) is 59.2 Å². The quantitative estimate of drug-likeness (QED) is 0.897. The van der Waals surface area contributed by atoms with Gasteiger partial charge in [-0.1, -0.05) is 18.2 Å². The molecule has 0 bridgehead atoms. The molecule has 1 aliphatic rings. The summed E-state index contributed by atoms with van der Waals surface area (Å²) >= 11 is 0. The second-order valence-electron chi connectivity index (χ2n) is 6.20. The molecule has 0 aliphatic carbocycles. The normalized spacial score (nSPS) is 17.7. The smallest absolute Gasteiger partial charge is 0.348 e. The topological polar surface area (TPSA) is 84.7 Å². The van der Waals surface area contributed by atoms with Crippen molar-refractivity contribution in [1.82, 2.24) is 14.7 Å². The van der Waals surface area contributed by atoms with Crippen LogP contribution in [0.3, 0.4) is 0 Å². The predicted octanol–water partition coefficient (Wildman–Crippen LogP) is 1.97. The van der Waals surface area contributed by atoms with Crippen molar-refractivity contribution < 1.29 is 19.4 Å². The van der Waals surface area contributed by atoms with Crippen LogP contribution >= 0.6 is 0 Å². The van der Waals surface area contributed by atoms with E-state index in [9.17, 15) is 14.7 Å². The number of hydrogen-bond acceptors (Lipinski definition) is 4. The summed E-state index contributed by atoms with van der Waals surface area (Å²) < 4.78 is 7.41. The summed E-state index contributed by atoms with van der Waals surface area (Å²) in [6, 6.07) is 10.3. The fourth-order valence-electron chi connectivity index (χ4n) is 3.05. The fraction of sp³-hybridized carbons (Fsp3) is 0.389. The monoisotopic (exact) mass is 343 g/mol. The minimum absolute atomic E-state index is 0.0672. The lowest BCUT2D eigenvalue weighted by molar-refractivity contribution is -0.162. The molecule has 1 aromatic carbocycles. The molecule has 1 N–H and O–H groups in total. The number of piperidine rings is 1. The highest BCUT2D eigenvalue weighted by Crippen LogP contribution is 2.30. The Bertz CT molecular complexity index is 722. The van der Waals surface area contributed by atoms with Crippen LogP contribution in [0.2, 0.25) is 0 Å². The average molecular weight is 343 g/mol. The molecule has 1 atom stereocenters. The summed E-state index contributed by atoms with van der Waals surface area (Å²) in [5.74, 6) is -0.541. The van der Waals surface area contributed by atoms with Gasteiger partial charge in [0.05, 0.1) is 0 Å². The number of benzene rings is 1. The molecule has 1 saturated heterocycles. The number of para-hydroxylation sites is 1. The van der Waals surface area contributed by atoms with Crippen LogP contribution in [0.15, 0.2) is 48.8 Å². The number of carboxylic acids is 1. The van der Waals surface area contributed by atoms with E-state index in [0.717, 1.165) is 0 Å². The first-order valence-electron chi connectivity index (χ1n) is 8.27. The summed E-state index contributed by atoms with van der Waals surface area (Å²) in [7, 11) is 0. The maximum atomic E-state index is 12.6. The van der Waals surface area contributed by atoms with Crippen LogP contribution < -0.4 is 4.74 Å². The van der Waals surface area contributed by atoms with Crippen LogP contribution in [0.25, 0.3) is 0 Å². The molecule has 1 unspecified atom stereocenters. The molecule has 1 amide bonds. The molecule has 7 heteroatoms. The third-order valence-electron chi connectivity index (χ3n) is 4.61. The highest BCUT2D eigenvalue weighted by atomic mass is 16.5. The number of nitrogens with zero attached hydrogens (tertiary/aromatic N) is 3. The van der Waals surface area contributed by atoms with Gasteiger partial charge in [-0.05, 0) is 25.1 Å². The maximum absolute atomic E-state index is 12.6. The molecule has 3 rings (SSSR count). The SMILES string of the molecule is CC(C(=O)N1CCC(Oc2ccccc2)(C(=O)O)CC1)n1cccn1.